The van der Waals surface area contributed by atoms with Crippen molar-refractivity contribution in [3.8, 4) is 0 Å². The first-order valence-corrected chi connectivity index (χ1v) is 9.47. The molecule has 1 aliphatic rings. The third-order valence-electron chi connectivity index (χ3n) is 4.23. The highest BCUT2D eigenvalue weighted by Gasteiger charge is 2.35. The van der Waals surface area contributed by atoms with Gasteiger partial charge in [0.05, 0.1) is 10.1 Å². The molecule has 24 heavy (non-hydrogen) atoms. The van der Waals surface area contributed by atoms with Gasteiger partial charge in [-0.1, -0.05) is 48.5 Å². The molecule has 1 saturated heterocycles. The molecule has 5 nitrogen and oxygen atoms in total. The molecule has 126 valence electrons. The van der Waals surface area contributed by atoms with Gasteiger partial charge in [-0.2, -0.15) is 0 Å². The second-order valence-corrected chi connectivity index (χ2v) is 8.09. The summed E-state index contributed by atoms with van der Waals surface area (Å²) in [7, 11) is -3.39. The van der Waals surface area contributed by atoms with Crippen LogP contribution in [0.4, 0.5) is 4.79 Å². The first kappa shape index (κ1) is 16.5. The summed E-state index contributed by atoms with van der Waals surface area (Å²) < 4.78 is 25.2. The van der Waals surface area contributed by atoms with Crippen molar-refractivity contribution < 1.29 is 13.2 Å². The Morgan fingerprint density at radius 3 is 2.33 bits per heavy atom. The van der Waals surface area contributed by atoms with Gasteiger partial charge in [0, 0.05) is 19.6 Å². The number of hydrogen-bond acceptors (Lipinski definition) is 3. The van der Waals surface area contributed by atoms with Crippen LogP contribution in [-0.4, -0.2) is 37.7 Å². The summed E-state index contributed by atoms with van der Waals surface area (Å²) in [4.78, 5) is 14.1. The average Bonchev–Trinajstić information content (AvgIpc) is 3.12. The lowest BCUT2D eigenvalue weighted by Crippen LogP contribution is -2.39. The van der Waals surface area contributed by atoms with E-state index in [0.29, 0.717) is 24.4 Å². The standard InChI is InChI=1S/C18H20N2O3S/c21-18(19-13-15-7-3-1-4-8-15)20-12-11-17(14-20)24(22,23)16-9-5-2-6-10-16/h1-10,17H,11-14H2,(H,19,21)/t17-/m1/s1. The fraction of sp³-hybridized carbons (Fsp3) is 0.278. The first-order valence-electron chi connectivity index (χ1n) is 7.93. The molecule has 0 unspecified atom stereocenters. The molecule has 0 aromatic heterocycles. The lowest BCUT2D eigenvalue weighted by molar-refractivity contribution is 0.208. The molecule has 0 radical (unpaired) electrons. The second-order valence-electron chi connectivity index (χ2n) is 5.86. The number of hydrogen-bond donors (Lipinski definition) is 1. The maximum atomic E-state index is 12.6. The summed E-state index contributed by atoms with van der Waals surface area (Å²) in [6.45, 7) is 1.13. The zero-order chi connectivity index (χ0) is 17.0. The Kier molecular flexibility index (Phi) is 4.85. The van der Waals surface area contributed by atoms with Crippen molar-refractivity contribution in [3.05, 3.63) is 66.2 Å². The van der Waals surface area contributed by atoms with Crippen LogP contribution < -0.4 is 5.32 Å². The van der Waals surface area contributed by atoms with Gasteiger partial charge in [0.25, 0.3) is 0 Å². The van der Waals surface area contributed by atoms with Gasteiger partial charge >= 0.3 is 6.03 Å². The van der Waals surface area contributed by atoms with E-state index < -0.39 is 15.1 Å². The third kappa shape index (κ3) is 3.59. The molecule has 1 aliphatic heterocycles. The van der Waals surface area contributed by atoms with E-state index in [1.165, 1.54) is 0 Å². The van der Waals surface area contributed by atoms with Crippen LogP contribution in [0, 0.1) is 0 Å². The fourth-order valence-electron chi connectivity index (χ4n) is 2.85. The lowest BCUT2D eigenvalue weighted by Gasteiger charge is -2.17. The van der Waals surface area contributed by atoms with Gasteiger partial charge in [-0.3, -0.25) is 0 Å². The minimum Gasteiger partial charge on any atom is -0.334 e. The maximum absolute atomic E-state index is 12.6. The maximum Gasteiger partial charge on any atom is 0.317 e. The van der Waals surface area contributed by atoms with Crippen molar-refractivity contribution in [2.75, 3.05) is 13.1 Å². The molecule has 0 spiro atoms. The van der Waals surface area contributed by atoms with Crippen molar-refractivity contribution >= 4 is 15.9 Å². The van der Waals surface area contributed by atoms with Crippen LogP contribution in [0.15, 0.2) is 65.6 Å². The van der Waals surface area contributed by atoms with Crippen LogP contribution in [0.3, 0.4) is 0 Å². The van der Waals surface area contributed by atoms with Crippen LogP contribution in [0.5, 0.6) is 0 Å². The number of benzene rings is 2. The van der Waals surface area contributed by atoms with Crippen molar-refractivity contribution in [2.45, 2.75) is 23.1 Å². The molecule has 3 rings (SSSR count). The first-order chi connectivity index (χ1) is 11.6. The monoisotopic (exact) mass is 344 g/mol. The van der Waals surface area contributed by atoms with E-state index in [4.69, 9.17) is 0 Å². The van der Waals surface area contributed by atoms with Crippen molar-refractivity contribution in [1.82, 2.24) is 10.2 Å². The zero-order valence-corrected chi connectivity index (χ0v) is 14.1. The normalized spacial score (nSPS) is 17.7. The molecule has 2 amide bonds. The highest BCUT2D eigenvalue weighted by atomic mass is 32.2. The van der Waals surface area contributed by atoms with Crippen molar-refractivity contribution in [2.24, 2.45) is 0 Å². The number of sulfone groups is 1. The summed E-state index contributed by atoms with van der Waals surface area (Å²) in [5, 5.41) is 2.31. The highest BCUT2D eigenvalue weighted by molar-refractivity contribution is 7.92. The minimum atomic E-state index is -3.39. The van der Waals surface area contributed by atoms with Gasteiger partial charge in [-0.05, 0) is 24.1 Å². The van der Waals surface area contributed by atoms with E-state index in [1.54, 1.807) is 35.2 Å². The van der Waals surface area contributed by atoms with Gasteiger partial charge < -0.3 is 10.2 Å². The zero-order valence-electron chi connectivity index (χ0n) is 13.3. The summed E-state index contributed by atoms with van der Waals surface area (Å²) in [5.41, 5.74) is 1.01. The molecule has 1 N–H and O–H groups in total. The molecular weight excluding hydrogens is 324 g/mol. The van der Waals surface area contributed by atoms with Crippen molar-refractivity contribution in [1.29, 1.82) is 0 Å². The molecule has 0 aliphatic carbocycles. The number of rotatable bonds is 4. The molecule has 2 aromatic rings. The highest BCUT2D eigenvalue weighted by Crippen LogP contribution is 2.23. The molecule has 2 aromatic carbocycles. The van der Waals surface area contributed by atoms with E-state index in [0.717, 1.165) is 5.56 Å². The quantitative estimate of drug-likeness (QED) is 0.926. The molecule has 0 bridgehead atoms. The van der Waals surface area contributed by atoms with Crippen LogP contribution >= 0.6 is 0 Å². The van der Waals surface area contributed by atoms with E-state index >= 15 is 0 Å². The predicted molar refractivity (Wildman–Crippen MR) is 92.3 cm³/mol. The Morgan fingerprint density at radius 1 is 1.04 bits per heavy atom. The number of nitrogens with zero attached hydrogens (tertiary/aromatic N) is 1. The Morgan fingerprint density at radius 2 is 1.67 bits per heavy atom. The topological polar surface area (TPSA) is 66.5 Å². The van der Waals surface area contributed by atoms with E-state index in [9.17, 15) is 13.2 Å². The molecule has 0 saturated carbocycles. The molecule has 1 heterocycles. The van der Waals surface area contributed by atoms with Crippen LogP contribution in [0.25, 0.3) is 0 Å². The summed E-state index contributed by atoms with van der Waals surface area (Å²) in [6, 6.07) is 17.8. The van der Waals surface area contributed by atoms with E-state index in [-0.39, 0.29) is 12.6 Å². The molecular formula is C18H20N2O3S. The number of carbonyl (C=O) groups excluding carboxylic acids is 1. The number of carbonyl (C=O) groups is 1. The summed E-state index contributed by atoms with van der Waals surface area (Å²) in [5.74, 6) is 0. The van der Waals surface area contributed by atoms with Gasteiger partial charge in [-0.25, -0.2) is 13.2 Å². The molecule has 6 heteroatoms. The van der Waals surface area contributed by atoms with Crippen LogP contribution in [0.2, 0.25) is 0 Å². The van der Waals surface area contributed by atoms with Gasteiger partial charge in [-0.15, -0.1) is 0 Å². The predicted octanol–water partition coefficient (Wildman–Crippen LogP) is 2.44. The number of likely N-dealkylation sites (tertiary alicyclic amines) is 1. The van der Waals surface area contributed by atoms with Gasteiger partial charge in [0.1, 0.15) is 0 Å². The molecule has 1 fully saturated rings. The van der Waals surface area contributed by atoms with Crippen LogP contribution in [-0.2, 0) is 16.4 Å². The Hall–Kier alpha value is -2.34. The SMILES string of the molecule is O=C(NCc1ccccc1)N1CC[C@@H](S(=O)(=O)c2ccccc2)C1. The third-order valence-corrected chi connectivity index (χ3v) is 6.42. The largest absolute Gasteiger partial charge is 0.334 e. The van der Waals surface area contributed by atoms with Gasteiger partial charge in [0.15, 0.2) is 9.84 Å². The van der Waals surface area contributed by atoms with E-state index in [1.807, 2.05) is 30.3 Å². The summed E-state index contributed by atoms with van der Waals surface area (Å²) in [6.07, 6.45) is 0.468. The fourth-order valence-corrected chi connectivity index (χ4v) is 4.57. The lowest BCUT2D eigenvalue weighted by atomic mass is 10.2. The average molecular weight is 344 g/mol. The number of amides is 2. The van der Waals surface area contributed by atoms with Crippen LogP contribution in [0.1, 0.15) is 12.0 Å². The number of urea groups is 1. The second kappa shape index (κ2) is 7.05. The summed E-state index contributed by atoms with van der Waals surface area (Å²) >= 11 is 0. The Balaban J connectivity index is 1.60. The van der Waals surface area contributed by atoms with Gasteiger partial charge in [0.2, 0.25) is 0 Å². The minimum absolute atomic E-state index is 0.218. The Bertz CT molecular complexity index is 792. The van der Waals surface area contributed by atoms with Crippen molar-refractivity contribution in [3.63, 3.8) is 0 Å². The molecule has 1 atom stereocenters. The number of nitrogens with one attached hydrogen (secondary N) is 1. The van der Waals surface area contributed by atoms with E-state index in [2.05, 4.69) is 5.32 Å². The smallest absolute Gasteiger partial charge is 0.317 e. The Labute approximate surface area is 142 Å².